The Kier molecular flexibility index (Phi) is 3.81. The van der Waals surface area contributed by atoms with E-state index in [2.05, 4.69) is 9.71 Å². The highest BCUT2D eigenvalue weighted by Gasteiger charge is 2.24. The zero-order valence-electron chi connectivity index (χ0n) is 10.1. The number of aromatic nitrogens is 2. The lowest BCUT2D eigenvalue weighted by Crippen LogP contribution is -2.18. The van der Waals surface area contributed by atoms with Crippen LogP contribution in [0.15, 0.2) is 23.5 Å². The van der Waals surface area contributed by atoms with Crippen molar-refractivity contribution in [3.05, 3.63) is 34.3 Å². The number of imidazole rings is 1. The van der Waals surface area contributed by atoms with Crippen LogP contribution in [-0.4, -0.2) is 18.0 Å². The van der Waals surface area contributed by atoms with Gasteiger partial charge in [0.15, 0.2) is 10.8 Å². The monoisotopic (exact) mass is 338 g/mol. The number of hydrogen-bond acceptors (Lipinski definition) is 4. The van der Waals surface area contributed by atoms with Gasteiger partial charge in [-0.3, -0.25) is 4.72 Å². The number of anilines is 2. The molecule has 0 aliphatic carbocycles. The fourth-order valence-electron chi connectivity index (χ4n) is 1.59. The molecular formula is C10H9Cl2FN4O2S. The lowest BCUT2D eigenvalue weighted by atomic mass is 10.3. The summed E-state index contributed by atoms with van der Waals surface area (Å²) in [6, 6.07) is 1.88. The van der Waals surface area contributed by atoms with Gasteiger partial charge in [0.05, 0.1) is 22.1 Å². The summed E-state index contributed by atoms with van der Waals surface area (Å²) in [4.78, 5) is 3.68. The normalized spacial score (nSPS) is 11.6. The third kappa shape index (κ3) is 2.67. The molecule has 108 valence electrons. The molecule has 0 bridgehead atoms. The predicted octanol–water partition coefficient (Wildman–Crippen LogP) is 2.25. The van der Waals surface area contributed by atoms with Gasteiger partial charge in [0.1, 0.15) is 5.82 Å². The van der Waals surface area contributed by atoms with Crippen molar-refractivity contribution in [2.45, 2.75) is 5.03 Å². The fourth-order valence-corrected chi connectivity index (χ4v) is 3.59. The van der Waals surface area contributed by atoms with E-state index in [4.69, 9.17) is 28.9 Å². The number of benzene rings is 1. The van der Waals surface area contributed by atoms with Crippen molar-refractivity contribution in [3.63, 3.8) is 0 Å². The van der Waals surface area contributed by atoms with Gasteiger partial charge in [0, 0.05) is 7.05 Å². The molecule has 0 spiro atoms. The van der Waals surface area contributed by atoms with Crippen molar-refractivity contribution in [1.29, 1.82) is 0 Å². The molecule has 3 N–H and O–H groups in total. The zero-order chi connectivity index (χ0) is 15.1. The Morgan fingerprint density at radius 3 is 2.35 bits per heavy atom. The maximum absolute atomic E-state index is 13.1. The Balaban J connectivity index is 2.50. The Morgan fingerprint density at radius 2 is 1.90 bits per heavy atom. The molecule has 0 fully saturated rings. The van der Waals surface area contributed by atoms with Crippen molar-refractivity contribution in [1.82, 2.24) is 9.55 Å². The second-order valence-electron chi connectivity index (χ2n) is 3.90. The Morgan fingerprint density at radius 1 is 1.35 bits per heavy atom. The van der Waals surface area contributed by atoms with Crippen LogP contribution in [0.1, 0.15) is 0 Å². The number of nitrogens with two attached hydrogens (primary N) is 1. The highest BCUT2D eigenvalue weighted by molar-refractivity contribution is 7.92. The molecule has 1 aromatic carbocycles. The third-order valence-corrected chi connectivity index (χ3v) is 4.48. The van der Waals surface area contributed by atoms with Gasteiger partial charge in [-0.05, 0) is 12.1 Å². The quantitative estimate of drug-likeness (QED) is 0.897. The summed E-state index contributed by atoms with van der Waals surface area (Å²) in [5.41, 5.74) is 5.37. The van der Waals surface area contributed by atoms with Gasteiger partial charge in [-0.2, -0.15) is 8.42 Å². The minimum atomic E-state index is -4.06. The van der Waals surface area contributed by atoms with Crippen LogP contribution >= 0.6 is 23.2 Å². The number of hydrogen-bond donors (Lipinski definition) is 2. The summed E-state index contributed by atoms with van der Waals surface area (Å²) in [5.74, 6) is -0.850. The van der Waals surface area contributed by atoms with Gasteiger partial charge >= 0.3 is 0 Å². The van der Waals surface area contributed by atoms with E-state index < -0.39 is 15.8 Å². The Labute approximate surface area is 124 Å². The SMILES string of the molecule is Cn1cnc(N)c1S(=O)(=O)Nc1c(Cl)cc(F)cc1Cl. The number of nitrogens with zero attached hydrogens (tertiary/aromatic N) is 2. The number of nitrogen functional groups attached to an aromatic ring is 1. The molecule has 1 aromatic heterocycles. The maximum atomic E-state index is 13.1. The van der Waals surface area contributed by atoms with Gasteiger partial charge in [-0.25, -0.2) is 9.37 Å². The van der Waals surface area contributed by atoms with Crippen LogP contribution in [0.4, 0.5) is 15.9 Å². The molecule has 2 rings (SSSR count). The van der Waals surface area contributed by atoms with Crippen molar-refractivity contribution in [2.24, 2.45) is 7.05 Å². The van der Waals surface area contributed by atoms with Crippen LogP contribution in [0, 0.1) is 5.82 Å². The molecule has 0 amide bonds. The first-order chi connectivity index (χ1) is 9.22. The van der Waals surface area contributed by atoms with Crippen molar-refractivity contribution in [2.75, 3.05) is 10.5 Å². The van der Waals surface area contributed by atoms with Gasteiger partial charge < -0.3 is 10.3 Å². The smallest absolute Gasteiger partial charge is 0.281 e. The van der Waals surface area contributed by atoms with Crippen LogP contribution in [-0.2, 0) is 17.1 Å². The van der Waals surface area contributed by atoms with E-state index in [-0.39, 0.29) is 26.6 Å². The van der Waals surface area contributed by atoms with Crippen LogP contribution in [0.5, 0.6) is 0 Å². The lowest BCUT2D eigenvalue weighted by molar-refractivity contribution is 0.591. The van der Waals surface area contributed by atoms with Crippen molar-refractivity contribution >= 4 is 44.7 Å². The van der Waals surface area contributed by atoms with Gasteiger partial charge in [0.2, 0.25) is 0 Å². The zero-order valence-corrected chi connectivity index (χ0v) is 12.4. The second kappa shape index (κ2) is 5.12. The highest BCUT2D eigenvalue weighted by atomic mass is 35.5. The molecule has 10 heteroatoms. The molecule has 2 aromatic rings. The predicted molar refractivity (Wildman–Crippen MR) is 74.8 cm³/mol. The van der Waals surface area contributed by atoms with Crippen LogP contribution in [0.25, 0.3) is 0 Å². The third-order valence-electron chi connectivity index (χ3n) is 2.41. The molecule has 0 atom stereocenters. The molecule has 6 nitrogen and oxygen atoms in total. The molecular weight excluding hydrogens is 330 g/mol. The summed E-state index contributed by atoms with van der Waals surface area (Å²) in [5, 5.41) is -0.576. The molecule has 20 heavy (non-hydrogen) atoms. The molecule has 0 saturated heterocycles. The maximum Gasteiger partial charge on any atom is 0.281 e. The first-order valence-corrected chi connectivity index (χ1v) is 7.40. The van der Waals surface area contributed by atoms with Crippen LogP contribution in [0.2, 0.25) is 10.0 Å². The summed E-state index contributed by atoms with van der Waals surface area (Å²) < 4.78 is 40.9. The van der Waals surface area contributed by atoms with E-state index >= 15 is 0 Å². The number of halogens is 3. The first-order valence-electron chi connectivity index (χ1n) is 5.16. The summed E-state index contributed by atoms with van der Waals surface area (Å²) in [6.45, 7) is 0. The number of rotatable bonds is 3. The first kappa shape index (κ1) is 14.9. The van der Waals surface area contributed by atoms with Crippen LogP contribution in [0.3, 0.4) is 0 Å². The standard InChI is InChI=1S/C10H9Cl2FN4O2S/c1-17-4-15-9(14)10(17)20(18,19)16-8-6(11)2-5(13)3-7(8)12/h2-4,16H,14H2,1H3. The second-order valence-corrected chi connectivity index (χ2v) is 6.31. The lowest BCUT2D eigenvalue weighted by Gasteiger charge is -2.12. The van der Waals surface area contributed by atoms with E-state index in [1.807, 2.05) is 0 Å². The van der Waals surface area contributed by atoms with E-state index in [9.17, 15) is 12.8 Å². The molecule has 0 aliphatic heterocycles. The van der Waals surface area contributed by atoms with Crippen LogP contribution < -0.4 is 10.5 Å². The van der Waals surface area contributed by atoms with E-state index in [1.165, 1.54) is 17.9 Å². The number of nitrogens with one attached hydrogen (secondary N) is 1. The molecule has 0 saturated carbocycles. The van der Waals surface area contributed by atoms with Crippen molar-refractivity contribution in [3.8, 4) is 0 Å². The van der Waals surface area contributed by atoms with Gasteiger partial charge in [0.25, 0.3) is 10.0 Å². The molecule has 0 radical (unpaired) electrons. The summed E-state index contributed by atoms with van der Waals surface area (Å²) in [7, 11) is -2.59. The fraction of sp³-hybridized carbons (Fsp3) is 0.100. The largest absolute Gasteiger partial charge is 0.381 e. The summed E-state index contributed by atoms with van der Waals surface area (Å²) in [6.07, 6.45) is 1.25. The average Bonchev–Trinajstić information content (AvgIpc) is 2.64. The number of sulfonamides is 1. The molecule has 1 heterocycles. The van der Waals surface area contributed by atoms with Gasteiger partial charge in [-0.15, -0.1) is 0 Å². The molecule has 0 aliphatic rings. The van der Waals surface area contributed by atoms with E-state index in [0.717, 1.165) is 12.1 Å². The average molecular weight is 339 g/mol. The number of aryl methyl sites for hydroxylation is 1. The van der Waals surface area contributed by atoms with E-state index in [0.29, 0.717) is 0 Å². The Hall–Kier alpha value is -1.51. The minimum Gasteiger partial charge on any atom is -0.381 e. The van der Waals surface area contributed by atoms with Crippen molar-refractivity contribution < 1.29 is 12.8 Å². The van der Waals surface area contributed by atoms with Gasteiger partial charge in [-0.1, -0.05) is 23.2 Å². The minimum absolute atomic E-state index is 0.129. The molecule has 0 unspecified atom stereocenters. The Bertz CT molecular complexity index is 733. The topological polar surface area (TPSA) is 90.0 Å². The highest BCUT2D eigenvalue weighted by Crippen LogP contribution is 2.33. The summed E-state index contributed by atoms with van der Waals surface area (Å²) >= 11 is 11.6. The van der Waals surface area contributed by atoms with E-state index in [1.54, 1.807) is 0 Å².